The first-order chi connectivity index (χ1) is 10.1. The van der Waals surface area contributed by atoms with Crippen molar-refractivity contribution in [2.24, 2.45) is 5.73 Å². The van der Waals surface area contributed by atoms with Gasteiger partial charge >= 0.3 is 0 Å². The summed E-state index contributed by atoms with van der Waals surface area (Å²) in [5.74, 6) is -0.163. The second-order valence-electron chi connectivity index (χ2n) is 6.71. The maximum Gasteiger partial charge on any atom is 0.127 e. The highest BCUT2D eigenvalue weighted by molar-refractivity contribution is 5.24. The Hall–Kier alpha value is -0.970. The van der Waals surface area contributed by atoms with E-state index in [4.69, 9.17) is 5.73 Å². The molecule has 0 amide bonds. The van der Waals surface area contributed by atoms with Crippen LogP contribution in [0.3, 0.4) is 0 Å². The molecule has 0 unspecified atom stereocenters. The topological polar surface area (TPSA) is 32.5 Å². The minimum Gasteiger partial charge on any atom is -0.326 e. The molecule has 1 aromatic rings. The number of benzene rings is 1. The number of halogens is 1. The van der Waals surface area contributed by atoms with Gasteiger partial charge in [-0.05, 0) is 38.3 Å². The van der Waals surface area contributed by atoms with E-state index in [9.17, 15) is 4.39 Å². The van der Waals surface area contributed by atoms with Gasteiger partial charge in [-0.3, -0.25) is 9.80 Å². The summed E-state index contributed by atoms with van der Waals surface area (Å²) in [7, 11) is 0. The number of nitrogens with two attached hydrogens (primary N) is 1. The van der Waals surface area contributed by atoms with Crippen LogP contribution in [0.1, 0.15) is 31.4 Å². The fourth-order valence-electron chi connectivity index (χ4n) is 3.87. The number of rotatable bonds is 5. The van der Waals surface area contributed by atoms with Crippen molar-refractivity contribution in [2.45, 2.75) is 51.4 Å². The molecule has 116 valence electrons. The van der Waals surface area contributed by atoms with E-state index in [1.54, 1.807) is 6.07 Å². The van der Waals surface area contributed by atoms with Crippen molar-refractivity contribution in [2.75, 3.05) is 19.6 Å². The van der Waals surface area contributed by atoms with E-state index < -0.39 is 0 Å². The Morgan fingerprint density at radius 2 is 2.10 bits per heavy atom. The molecule has 0 saturated carbocycles. The Labute approximate surface area is 126 Å². The first-order valence-electron chi connectivity index (χ1n) is 8.05. The summed E-state index contributed by atoms with van der Waals surface area (Å²) in [6.45, 7) is 8.25. The molecule has 0 aromatic heterocycles. The maximum atomic E-state index is 13.7. The second kappa shape index (κ2) is 6.03. The Balaban J connectivity index is 1.54. The summed E-state index contributed by atoms with van der Waals surface area (Å²) in [6.07, 6.45) is 2.23. The lowest BCUT2D eigenvalue weighted by Crippen LogP contribution is -2.49. The molecule has 2 saturated heterocycles. The average Bonchev–Trinajstić information content (AvgIpc) is 3.05. The normalized spacial score (nSPS) is 26.1. The van der Waals surface area contributed by atoms with Crippen LogP contribution < -0.4 is 5.73 Å². The fraction of sp³-hybridized carbons (Fsp3) is 0.647. The Morgan fingerprint density at radius 3 is 2.67 bits per heavy atom. The van der Waals surface area contributed by atoms with E-state index in [1.165, 1.54) is 19.5 Å². The highest BCUT2D eigenvalue weighted by Gasteiger charge is 2.43. The van der Waals surface area contributed by atoms with Crippen LogP contribution in [0.25, 0.3) is 0 Å². The summed E-state index contributed by atoms with van der Waals surface area (Å²) in [5, 5.41) is 0. The zero-order valence-electron chi connectivity index (χ0n) is 13.1. The van der Waals surface area contributed by atoms with Crippen molar-refractivity contribution < 1.29 is 4.39 Å². The predicted octanol–water partition coefficient (Wildman–Crippen LogP) is 1.99. The Kier molecular flexibility index (Phi) is 4.29. The Bertz CT molecular complexity index is 503. The number of hydrogen-bond donors (Lipinski definition) is 1. The van der Waals surface area contributed by atoms with E-state index >= 15 is 0 Å². The summed E-state index contributed by atoms with van der Waals surface area (Å²) in [6, 6.07) is 7.56. The lowest BCUT2D eigenvalue weighted by atomic mass is 10.1. The third kappa shape index (κ3) is 2.98. The molecule has 2 aliphatic rings. The summed E-state index contributed by atoms with van der Waals surface area (Å²) in [5.41, 5.74) is 7.18. The third-order valence-corrected chi connectivity index (χ3v) is 5.08. The smallest absolute Gasteiger partial charge is 0.127 e. The fourth-order valence-corrected chi connectivity index (χ4v) is 3.87. The first kappa shape index (κ1) is 14.9. The first-order valence-corrected chi connectivity index (χ1v) is 8.05. The van der Waals surface area contributed by atoms with Crippen molar-refractivity contribution in [3.05, 3.63) is 35.1 Å². The second-order valence-corrected chi connectivity index (χ2v) is 6.71. The molecule has 4 heteroatoms. The van der Waals surface area contributed by atoms with E-state index in [-0.39, 0.29) is 12.4 Å². The third-order valence-electron chi connectivity index (χ3n) is 5.08. The summed E-state index contributed by atoms with van der Waals surface area (Å²) < 4.78 is 13.7. The van der Waals surface area contributed by atoms with Crippen LogP contribution in [-0.2, 0) is 13.0 Å². The van der Waals surface area contributed by atoms with Crippen LogP contribution in [0.4, 0.5) is 4.39 Å². The SMILES string of the molecule is CC(C)N1C[C@H]2C[C@@H]1CN2CCc1ccc(CN)c(F)c1. The van der Waals surface area contributed by atoms with Gasteiger partial charge in [0.05, 0.1) is 0 Å². The summed E-state index contributed by atoms with van der Waals surface area (Å²) >= 11 is 0. The minimum absolute atomic E-state index is 0.163. The number of likely N-dealkylation sites (tertiary alicyclic amines) is 2. The molecule has 2 bridgehead atoms. The highest BCUT2D eigenvalue weighted by atomic mass is 19.1. The summed E-state index contributed by atoms with van der Waals surface area (Å²) in [4.78, 5) is 5.20. The van der Waals surface area contributed by atoms with Gasteiger partial charge in [0.25, 0.3) is 0 Å². The van der Waals surface area contributed by atoms with Crippen molar-refractivity contribution in [3.63, 3.8) is 0 Å². The van der Waals surface area contributed by atoms with Crippen molar-refractivity contribution in [3.8, 4) is 0 Å². The minimum atomic E-state index is -0.163. The quantitative estimate of drug-likeness (QED) is 0.900. The number of hydrogen-bond acceptors (Lipinski definition) is 3. The van der Waals surface area contributed by atoms with E-state index in [1.807, 2.05) is 12.1 Å². The zero-order valence-corrected chi connectivity index (χ0v) is 13.1. The van der Waals surface area contributed by atoms with E-state index in [0.29, 0.717) is 17.6 Å². The van der Waals surface area contributed by atoms with Crippen molar-refractivity contribution >= 4 is 0 Å². The molecule has 2 atom stereocenters. The Morgan fingerprint density at radius 1 is 1.29 bits per heavy atom. The van der Waals surface area contributed by atoms with Gasteiger partial charge in [-0.25, -0.2) is 4.39 Å². The van der Waals surface area contributed by atoms with Crippen LogP contribution in [0, 0.1) is 5.82 Å². The molecule has 3 nitrogen and oxygen atoms in total. The predicted molar refractivity (Wildman–Crippen MR) is 83.6 cm³/mol. The molecule has 0 aliphatic carbocycles. The molecule has 2 aliphatic heterocycles. The standard InChI is InChI=1S/C17H26FN3/c1-12(2)21-11-15-8-16(21)10-20(15)6-5-13-3-4-14(9-19)17(18)7-13/h3-4,7,12,15-16H,5-6,8-11,19H2,1-2H3/t15-,16-/m1/s1. The highest BCUT2D eigenvalue weighted by Crippen LogP contribution is 2.32. The molecular weight excluding hydrogens is 265 g/mol. The lowest BCUT2D eigenvalue weighted by Gasteiger charge is -2.36. The molecule has 3 rings (SSSR count). The monoisotopic (exact) mass is 291 g/mol. The maximum absolute atomic E-state index is 13.7. The number of fused-ring (bicyclic) bond motifs is 2. The van der Waals surface area contributed by atoms with E-state index in [0.717, 1.165) is 24.6 Å². The van der Waals surface area contributed by atoms with Gasteiger partial charge in [-0.2, -0.15) is 0 Å². The van der Waals surface area contributed by atoms with Crippen LogP contribution >= 0.6 is 0 Å². The van der Waals surface area contributed by atoms with Gasteiger partial charge in [0.1, 0.15) is 5.82 Å². The van der Waals surface area contributed by atoms with Gasteiger partial charge in [0.15, 0.2) is 0 Å². The molecule has 0 radical (unpaired) electrons. The van der Waals surface area contributed by atoms with Crippen LogP contribution in [-0.4, -0.2) is 47.6 Å². The number of nitrogens with zero attached hydrogens (tertiary/aromatic N) is 2. The molecule has 1 aromatic carbocycles. The lowest BCUT2D eigenvalue weighted by molar-refractivity contribution is 0.105. The van der Waals surface area contributed by atoms with Gasteiger partial charge in [0, 0.05) is 49.9 Å². The van der Waals surface area contributed by atoms with Crippen LogP contribution in [0.5, 0.6) is 0 Å². The van der Waals surface area contributed by atoms with E-state index in [2.05, 4.69) is 23.6 Å². The van der Waals surface area contributed by atoms with Crippen molar-refractivity contribution in [1.29, 1.82) is 0 Å². The average molecular weight is 291 g/mol. The van der Waals surface area contributed by atoms with Gasteiger partial charge in [-0.1, -0.05) is 12.1 Å². The largest absolute Gasteiger partial charge is 0.326 e. The molecular formula is C17H26FN3. The van der Waals surface area contributed by atoms with Gasteiger partial charge < -0.3 is 5.73 Å². The van der Waals surface area contributed by atoms with Crippen LogP contribution in [0.15, 0.2) is 18.2 Å². The molecule has 21 heavy (non-hydrogen) atoms. The molecule has 2 fully saturated rings. The van der Waals surface area contributed by atoms with Gasteiger partial charge in [0.2, 0.25) is 0 Å². The zero-order chi connectivity index (χ0) is 15.0. The molecule has 2 N–H and O–H groups in total. The van der Waals surface area contributed by atoms with Crippen molar-refractivity contribution in [1.82, 2.24) is 9.80 Å². The molecule has 2 heterocycles. The van der Waals surface area contributed by atoms with Crippen LogP contribution in [0.2, 0.25) is 0 Å². The molecule has 0 spiro atoms. The van der Waals surface area contributed by atoms with Gasteiger partial charge in [-0.15, -0.1) is 0 Å². The number of piperazine rings is 1.